The smallest absolute Gasteiger partial charge is 0.152 e. The van der Waals surface area contributed by atoms with Crippen molar-refractivity contribution in [3.8, 4) is 0 Å². The third kappa shape index (κ3) is 5.49. The van der Waals surface area contributed by atoms with Crippen LogP contribution in [0.3, 0.4) is 0 Å². The van der Waals surface area contributed by atoms with E-state index in [4.69, 9.17) is 4.74 Å². The summed E-state index contributed by atoms with van der Waals surface area (Å²) in [6, 6.07) is 0. The van der Waals surface area contributed by atoms with Crippen LogP contribution in [0.15, 0.2) is 0 Å². The lowest BCUT2D eigenvalue weighted by molar-refractivity contribution is 0.123. The first-order chi connectivity index (χ1) is 6.99. The van der Waals surface area contributed by atoms with Crippen LogP contribution in [0.2, 0.25) is 0 Å². The first-order valence-electron chi connectivity index (χ1n) is 5.48. The summed E-state index contributed by atoms with van der Waals surface area (Å²) >= 11 is 0. The van der Waals surface area contributed by atoms with E-state index in [-0.39, 0.29) is 5.75 Å². The van der Waals surface area contributed by atoms with Gasteiger partial charge in [-0.05, 0) is 11.8 Å². The van der Waals surface area contributed by atoms with Gasteiger partial charge >= 0.3 is 0 Å². The second kappa shape index (κ2) is 5.82. The van der Waals surface area contributed by atoms with Gasteiger partial charge in [0, 0.05) is 19.7 Å². The third-order valence-corrected chi connectivity index (χ3v) is 4.11. The summed E-state index contributed by atoms with van der Waals surface area (Å²) in [6.07, 6.45) is 0. The Morgan fingerprint density at radius 1 is 1.40 bits per heavy atom. The van der Waals surface area contributed by atoms with Crippen LogP contribution in [0, 0.1) is 11.8 Å². The largest absolute Gasteiger partial charge is 0.380 e. The van der Waals surface area contributed by atoms with Crippen molar-refractivity contribution >= 4 is 9.84 Å². The van der Waals surface area contributed by atoms with E-state index in [1.54, 1.807) is 0 Å². The van der Waals surface area contributed by atoms with Crippen molar-refractivity contribution in [3.63, 3.8) is 0 Å². The number of sulfone groups is 1. The highest BCUT2D eigenvalue weighted by atomic mass is 32.2. The molecule has 1 N–H and O–H groups in total. The van der Waals surface area contributed by atoms with E-state index in [2.05, 4.69) is 19.2 Å². The summed E-state index contributed by atoms with van der Waals surface area (Å²) in [6.45, 7) is 6.75. The maximum Gasteiger partial charge on any atom is 0.152 e. The van der Waals surface area contributed by atoms with E-state index < -0.39 is 9.84 Å². The lowest BCUT2D eigenvalue weighted by atomic mass is 10.1. The van der Waals surface area contributed by atoms with Crippen molar-refractivity contribution < 1.29 is 13.2 Å². The summed E-state index contributed by atoms with van der Waals surface area (Å²) < 4.78 is 28.4. The fourth-order valence-electron chi connectivity index (χ4n) is 1.41. The minimum atomic E-state index is -2.90. The molecule has 0 spiro atoms. The highest BCUT2D eigenvalue weighted by Crippen LogP contribution is 2.07. The standard InChI is InChI=1S/C10H21NO3S/c1-9(2)7-14-3-4-15(12,13)8-10-5-11-6-10/h9-11H,3-8H2,1-2H3. The molecule has 0 saturated carbocycles. The molecule has 5 heteroatoms. The topological polar surface area (TPSA) is 55.4 Å². The molecule has 0 aromatic rings. The van der Waals surface area contributed by atoms with Gasteiger partial charge in [-0.25, -0.2) is 8.42 Å². The normalized spacial score (nSPS) is 18.1. The molecule has 1 aliphatic rings. The molecular weight excluding hydrogens is 214 g/mol. The summed E-state index contributed by atoms with van der Waals surface area (Å²) in [5.41, 5.74) is 0. The SMILES string of the molecule is CC(C)COCCS(=O)(=O)CC1CNC1. The lowest BCUT2D eigenvalue weighted by Gasteiger charge is -2.26. The molecule has 0 amide bonds. The van der Waals surface area contributed by atoms with Gasteiger partial charge in [-0.15, -0.1) is 0 Å². The molecule has 1 fully saturated rings. The van der Waals surface area contributed by atoms with Crippen LogP contribution >= 0.6 is 0 Å². The van der Waals surface area contributed by atoms with E-state index in [9.17, 15) is 8.42 Å². The zero-order valence-corrected chi connectivity index (χ0v) is 10.3. The van der Waals surface area contributed by atoms with Crippen LogP contribution in [-0.4, -0.2) is 46.2 Å². The molecule has 4 nitrogen and oxygen atoms in total. The quantitative estimate of drug-likeness (QED) is 0.645. The van der Waals surface area contributed by atoms with Crippen LogP contribution < -0.4 is 5.32 Å². The molecule has 1 aliphatic heterocycles. The molecule has 90 valence electrons. The highest BCUT2D eigenvalue weighted by Gasteiger charge is 2.23. The van der Waals surface area contributed by atoms with Gasteiger partial charge in [0.15, 0.2) is 9.84 Å². The fourth-order valence-corrected chi connectivity index (χ4v) is 2.91. The van der Waals surface area contributed by atoms with Gasteiger partial charge in [0.05, 0.1) is 18.1 Å². The van der Waals surface area contributed by atoms with Gasteiger partial charge in [0.2, 0.25) is 0 Å². The van der Waals surface area contributed by atoms with E-state index in [1.165, 1.54) is 0 Å². The Hall–Kier alpha value is -0.130. The average molecular weight is 235 g/mol. The molecular formula is C10H21NO3S. The van der Waals surface area contributed by atoms with Crippen molar-refractivity contribution in [1.29, 1.82) is 0 Å². The Kier molecular flexibility index (Phi) is 5.02. The van der Waals surface area contributed by atoms with E-state index >= 15 is 0 Å². The molecule has 0 aliphatic carbocycles. The molecule has 0 bridgehead atoms. The zero-order valence-electron chi connectivity index (χ0n) is 9.53. The Balaban J connectivity index is 2.12. The Labute approximate surface area is 92.3 Å². The van der Waals surface area contributed by atoms with E-state index in [0.29, 0.717) is 30.8 Å². The molecule has 1 rings (SSSR count). The summed E-state index contributed by atoms with van der Waals surface area (Å²) in [4.78, 5) is 0. The number of ether oxygens (including phenoxy) is 1. The predicted molar refractivity (Wildman–Crippen MR) is 60.7 cm³/mol. The van der Waals surface area contributed by atoms with E-state index in [0.717, 1.165) is 13.1 Å². The zero-order chi connectivity index (χ0) is 11.3. The minimum Gasteiger partial charge on any atom is -0.380 e. The third-order valence-electron chi connectivity index (χ3n) is 2.35. The Morgan fingerprint density at radius 2 is 2.07 bits per heavy atom. The second-order valence-corrected chi connectivity index (χ2v) is 6.84. The van der Waals surface area contributed by atoms with Crippen LogP contribution in [0.4, 0.5) is 0 Å². The van der Waals surface area contributed by atoms with Gasteiger partial charge in [-0.1, -0.05) is 13.8 Å². The number of nitrogens with one attached hydrogen (secondary N) is 1. The van der Waals surface area contributed by atoms with Crippen LogP contribution in [0.25, 0.3) is 0 Å². The molecule has 1 heterocycles. The maximum atomic E-state index is 11.6. The molecule has 1 saturated heterocycles. The van der Waals surface area contributed by atoms with E-state index in [1.807, 2.05) is 0 Å². The second-order valence-electron chi connectivity index (χ2n) is 4.61. The number of hydrogen-bond acceptors (Lipinski definition) is 4. The Bertz CT molecular complexity index is 270. The average Bonchev–Trinajstić information content (AvgIpc) is 2.06. The van der Waals surface area contributed by atoms with Crippen molar-refractivity contribution in [3.05, 3.63) is 0 Å². The van der Waals surface area contributed by atoms with Crippen molar-refractivity contribution in [1.82, 2.24) is 5.32 Å². The monoisotopic (exact) mass is 235 g/mol. The van der Waals surface area contributed by atoms with Gasteiger partial charge < -0.3 is 10.1 Å². The molecule has 0 radical (unpaired) electrons. The first-order valence-corrected chi connectivity index (χ1v) is 7.30. The van der Waals surface area contributed by atoms with Crippen LogP contribution in [-0.2, 0) is 14.6 Å². The molecule has 0 aromatic heterocycles. The van der Waals surface area contributed by atoms with Crippen molar-refractivity contribution in [2.75, 3.05) is 37.8 Å². The summed E-state index contributed by atoms with van der Waals surface area (Å²) in [7, 11) is -2.90. The van der Waals surface area contributed by atoms with Gasteiger partial charge in [0.25, 0.3) is 0 Å². The predicted octanol–water partition coefficient (Wildman–Crippen LogP) is 0.293. The Morgan fingerprint density at radius 3 is 2.53 bits per heavy atom. The van der Waals surface area contributed by atoms with Gasteiger partial charge in [-0.2, -0.15) is 0 Å². The first kappa shape index (κ1) is 12.9. The maximum absolute atomic E-state index is 11.6. The molecule has 0 unspecified atom stereocenters. The van der Waals surface area contributed by atoms with Crippen molar-refractivity contribution in [2.45, 2.75) is 13.8 Å². The molecule has 15 heavy (non-hydrogen) atoms. The summed E-state index contributed by atoms with van der Waals surface area (Å²) in [5.74, 6) is 1.25. The van der Waals surface area contributed by atoms with Crippen molar-refractivity contribution in [2.24, 2.45) is 11.8 Å². The van der Waals surface area contributed by atoms with Crippen LogP contribution in [0.1, 0.15) is 13.8 Å². The number of rotatable bonds is 7. The molecule has 0 aromatic carbocycles. The number of hydrogen-bond donors (Lipinski definition) is 1. The van der Waals surface area contributed by atoms with Crippen LogP contribution in [0.5, 0.6) is 0 Å². The molecule has 0 atom stereocenters. The van der Waals surface area contributed by atoms with Gasteiger partial charge in [-0.3, -0.25) is 0 Å². The highest BCUT2D eigenvalue weighted by molar-refractivity contribution is 7.91. The lowest BCUT2D eigenvalue weighted by Crippen LogP contribution is -2.46. The summed E-state index contributed by atoms with van der Waals surface area (Å²) in [5, 5.41) is 3.07. The van der Waals surface area contributed by atoms with Gasteiger partial charge in [0.1, 0.15) is 0 Å². The minimum absolute atomic E-state index is 0.163. The fraction of sp³-hybridized carbons (Fsp3) is 1.00.